The van der Waals surface area contributed by atoms with Gasteiger partial charge in [0.2, 0.25) is 0 Å². The predicted molar refractivity (Wildman–Crippen MR) is 94.4 cm³/mol. The Morgan fingerprint density at radius 1 is 1.17 bits per heavy atom. The largest absolute Gasteiger partial charge is 0.494 e. The first kappa shape index (κ1) is 17.3. The van der Waals surface area contributed by atoms with Gasteiger partial charge in [-0.15, -0.1) is 0 Å². The highest BCUT2D eigenvalue weighted by Gasteiger charge is 2.08. The van der Waals surface area contributed by atoms with Crippen molar-refractivity contribution in [1.29, 1.82) is 5.26 Å². The molecule has 0 aliphatic heterocycles. The number of carbonyl (C=O) groups is 1. The molecule has 0 aromatic heterocycles. The molecule has 0 fully saturated rings. The standard InChI is InChI=1S/C20H20N2O2/c1-2-24-19-10-8-17(9-11-19)14-18(15-21)20(23)22-13-12-16-6-4-3-5-7-16/h3-11,14H,2,12-13H2,1H3,(H,22,23)/b18-14+. The van der Waals surface area contributed by atoms with Crippen molar-refractivity contribution >= 4 is 12.0 Å². The lowest BCUT2D eigenvalue weighted by Gasteiger charge is -2.05. The number of carbonyl (C=O) groups excluding carboxylic acids is 1. The molecule has 2 rings (SSSR count). The number of nitriles is 1. The Bertz CT molecular complexity index is 728. The van der Waals surface area contributed by atoms with Gasteiger partial charge in [-0.3, -0.25) is 4.79 Å². The lowest BCUT2D eigenvalue weighted by atomic mass is 10.1. The van der Waals surface area contributed by atoms with Gasteiger partial charge in [-0.25, -0.2) is 0 Å². The summed E-state index contributed by atoms with van der Waals surface area (Å²) in [6, 6.07) is 19.1. The van der Waals surface area contributed by atoms with Crippen molar-refractivity contribution in [3.05, 3.63) is 71.3 Å². The van der Waals surface area contributed by atoms with E-state index in [0.29, 0.717) is 13.2 Å². The summed E-state index contributed by atoms with van der Waals surface area (Å²) in [5.74, 6) is 0.405. The Morgan fingerprint density at radius 3 is 2.50 bits per heavy atom. The van der Waals surface area contributed by atoms with Crippen LogP contribution in [-0.2, 0) is 11.2 Å². The summed E-state index contributed by atoms with van der Waals surface area (Å²) in [7, 11) is 0. The van der Waals surface area contributed by atoms with Gasteiger partial charge in [0.25, 0.3) is 5.91 Å². The lowest BCUT2D eigenvalue weighted by Crippen LogP contribution is -2.26. The summed E-state index contributed by atoms with van der Waals surface area (Å²) >= 11 is 0. The summed E-state index contributed by atoms with van der Waals surface area (Å²) in [6.45, 7) is 3.01. The topological polar surface area (TPSA) is 62.1 Å². The van der Waals surface area contributed by atoms with Gasteiger partial charge in [0.1, 0.15) is 17.4 Å². The maximum Gasteiger partial charge on any atom is 0.261 e. The summed E-state index contributed by atoms with van der Waals surface area (Å²) in [6.07, 6.45) is 2.31. The molecule has 0 unspecified atom stereocenters. The van der Waals surface area contributed by atoms with Crippen LogP contribution in [0.25, 0.3) is 6.08 Å². The molecule has 24 heavy (non-hydrogen) atoms. The van der Waals surface area contributed by atoms with Crippen molar-refractivity contribution in [1.82, 2.24) is 5.32 Å². The monoisotopic (exact) mass is 320 g/mol. The summed E-state index contributed by atoms with van der Waals surface area (Å²) in [5.41, 5.74) is 2.02. The van der Waals surface area contributed by atoms with Crippen molar-refractivity contribution < 1.29 is 9.53 Å². The van der Waals surface area contributed by atoms with E-state index in [-0.39, 0.29) is 11.5 Å². The predicted octanol–water partition coefficient (Wildman–Crippen LogP) is 3.35. The van der Waals surface area contributed by atoms with E-state index < -0.39 is 0 Å². The SMILES string of the molecule is CCOc1ccc(/C=C(\C#N)C(=O)NCCc2ccccc2)cc1. The first-order chi connectivity index (χ1) is 11.7. The average molecular weight is 320 g/mol. The number of nitrogens with zero attached hydrogens (tertiary/aromatic N) is 1. The minimum absolute atomic E-state index is 0.0900. The van der Waals surface area contributed by atoms with Crippen LogP contribution in [-0.4, -0.2) is 19.1 Å². The Morgan fingerprint density at radius 2 is 1.88 bits per heavy atom. The molecule has 0 atom stereocenters. The quantitative estimate of drug-likeness (QED) is 0.628. The fraction of sp³-hybridized carbons (Fsp3) is 0.200. The zero-order chi connectivity index (χ0) is 17.2. The highest BCUT2D eigenvalue weighted by molar-refractivity contribution is 6.01. The molecule has 4 nitrogen and oxygen atoms in total. The Hall–Kier alpha value is -3.06. The number of nitrogens with one attached hydrogen (secondary N) is 1. The number of ether oxygens (including phenoxy) is 1. The molecular formula is C20H20N2O2. The Labute approximate surface area is 142 Å². The molecule has 0 aliphatic rings. The van der Waals surface area contributed by atoms with Gasteiger partial charge >= 0.3 is 0 Å². The summed E-state index contributed by atoms with van der Waals surface area (Å²) < 4.78 is 5.37. The zero-order valence-corrected chi connectivity index (χ0v) is 13.7. The second-order valence-corrected chi connectivity index (χ2v) is 5.16. The van der Waals surface area contributed by atoms with E-state index >= 15 is 0 Å². The number of benzene rings is 2. The van der Waals surface area contributed by atoms with Crippen LogP contribution in [0.4, 0.5) is 0 Å². The normalized spacial score (nSPS) is 10.8. The van der Waals surface area contributed by atoms with Crippen LogP contribution in [0.2, 0.25) is 0 Å². The molecule has 2 aromatic carbocycles. The minimum atomic E-state index is -0.359. The average Bonchev–Trinajstić information content (AvgIpc) is 2.62. The van der Waals surface area contributed by atoms with Crippen LogP contribution < -0.4 is 10.1 Å². The highest BCUT2D eigenvalue weighted by atomic mass is 16.5. The van der Waals surface area contributed by atoms with Crippen molar-refractivity contribution in [2.24, 2.45) is 0 Å². The molecule has 122 valence electrons. The number of hydrogen-bond donors (Lipinski definition) is 1. The van der Waals surface area contributed by atoms with E-state index in [9.17, 15) is 10.1 Å². The second kappa shape index (κ2) is 9.16. The molecule has 0 spiro atoms. The third kappa shape index (κ3) is 5.29. The fourth-order valence-electron chi connectivity index (χ4n) is 2.20. The molecule has 2 aromatic rings. The molecule has 0 bridgehead atoms. The Balaban J connectivity index is 1.94. The Kier molecular flexibility index (Phi) is 6.60. The van der Waals surface area contributed by atoms with Gasteiger partial charge in [0, 0.05) is 6.54 Å². The third-order valence-electron chi connectivity index (χ3n) is 3.41. The van der Waals surface area contributed by atoms with Gasteiger partial charge < -0.3 is 10.1 Å². The van der Waals surface area contributed by atoms with Crippen LogP contribution in [0.3, 0.4) is 0 Å². The second-order valence-electron chi connectivity index (χ2n) is 5.16. The molecule has 0 heterocycles. The molecular weight excluding hydrogens is 300 g/mol. The van der Waals surface area contributed by atoms with E-state index in [2.05, 4.69) is 5.32 Å². The molecule has 1 N–H and O–H groups in total. The van der Waals surface area contributed by atoms with Crippen molar-refractivity contribution in [3.8, 4) is 11.8 Å². The van der Waals surface area contributed by atoms with Crippen LogP contribution >= 0.6 is 0 Å². The summed E-state index contributed by atoms with van der Waals surface area (Å²) in [5, 5.41) is 12.0. The van der Waals surface area contributed by atoms with Crippen LogP contribution in [0.5, 0.6) is 5.75 Å². The highest BCUT2D eigenvalue weighted by Crippen LogP contribution is 2.14. The van der Waals surface area contributed by atoms with E-state index in [4.69, 9.17) is 4.74 Å². The maximum atomic E-state index is 12.1. The minimum Gasteiger partial charge on any atom is -0.494 e. The number of rotatable bonds is 7. The van der Waals surface area contributed by atoms with Crippen LogP contribution in [0.1, 0.15) is 18.1 Å². The van der Waals surface area contributed by atoms with E-state index in [1.54, 1.807) is 6.08 Å². The molecule has 0 radical (unpaired) electrons. The van der Waals surface area contributed by atoms with Crippen molar-refractivity contribution in [2.45, 2.75) is 13.3 Å². The van der Waals surface area contributed by atoms with Crippen molar-refractivity contribution in [3.63, 3.8) is 0 Å². The molecule has 4 heteroatoms. The molecule has 0 saturated heterocycles. The smallest absolute Gasteiger partial charge is 0.261 e. The number of amides is 1. The van der Waals surface area contributed by atoms with Crippen LogP contribution in [0.15, 0.2) is 60.2 Å². The first-order valence-electron chi connectivity index (χ1n) is 7.89. The third-order valence-corrected chi connectivity index (χ3v) is 3.41. The van der Waals surface area contributed by atoms with Crippen LogP contribution in [0, 0.1) is 11.3 Å². The van der Waals surface area contributed by atoms with Crippen molar-refractivity contribution in [2.75, 3.05) is 13.2 Å². The fourth-order valence-corrected chi connectivity index (χ4v) is 2.20. The molecule has 0 saturated carbocycles. The molecule has 0 aliphatic carbocycles. The van der Waals surface area contributed by atoms with Gasteiger partial charge in [0.05, 0.1) is 6.61 Å². The van der Waals surface area contributed by atoms with Gasteiger partial charge in [-0.1, -0.05) is 42.5 Å². The summed E-state index contributed by atoms with van der Waals surface area (Å²) in [4.78, 5) is 12.1. The van der Waals surface area contributed by atoms with E-state index in [0.717, 1.165) is 23.3 Å². The lowest BCUT2D eigenvalue weighted by molar-refractivity contribution is -0.117. The zero-order valence-electron chi connectivity index (χ0n) is 13.7. The first-order valence-corrected chi connectivity index (χ1v) is 7.89. The van der Waals surface area contributed by atoms with Gasteiger partial charge in [-0.05, 0) is 42.7 Å². The van der Waals surface area contributed by atoms with Gasteiger partial charge in [-0.2, -0.15) is 5.26 Å². The number of hydrogen-bond acceptors (Lipinski definition) is 3. The van der Waals surface area contributed by atoms with E-state index in [1.165, 1.54) is 0 Å². The van der Waals surface area contributed by atoms with Gasteiger partial charge in [0.15, 0.2) is 0 Å². The molecule has 1 amide bonds. The van der Waals surface area contributed by atoms with E-state index in [1.807, 2.05) is 67.6 Å². The maximum absolute atomic E-state index is 12.1.